The fraction of sp³-hybridized carbons (Fsp3) is 0.571. The third kappa shape index (κ3) is 2.31. The molecule has 1 saturated heterocycles. The van der Waals surface area contributed by atoms with Gasteiger partial charge >= 0.3 is 0 Å². The Bertz CT molecular complexity index is 419. The highest BCUT2D eigenvalue weighted by molar-refractivity contribution is 5.46. The van der Waals surface area contributed by atoms with E-state index in [-0.39, 0.29) is 12.0 Å². The largest absolute Gasteiger partial charge is 0.497 e. The number of aryl methyl sites for hydroxylation is 1. The summed E-state index contributed by atoms with van der Waals surface area (Å²) in [4.78, 5) is 0. The zero-order valence-electron chi connectivity index (χ0n) is 11.2. The second-order valence-corrected chi connectivity index (χ2v) is 4.95. The van der Waals surface area contributed by atoms with Gasteiger partial charge in [-0.1, -0.05) is 0 Å². The van der Waals surface area contributed by atoms with E-state index < -0.39 is 0 Å². The van der Waals surface area contributed by atoms with E-state index >= 15 is 0 Å². The maximum absolute atomic E-state index is 9.51. The first-order valence-electron chi connectivity index (χ1n) is 6.04. The van der Waals surface area contributed by atoms with Crippen LogP contribution in [-0.4, -0.2) is 39.1 Å². The van der Waals surface area contributed by atoms with E-state index in [1.54, 1.807) is 14.2 Å². The van der Waals surface area contributed by atoms with Crippen molar-refractivity contribution in [3.63, 3.8) is 0 Å². The molecule has 1 fully saturated rings. The van der Waals surface area contributed by atoms with Crippen LogP contribution in [0.5, 0.6) is 11.5 Å². The van der Waals surface area contributed by atoms with Crippen LogP contribution in [0.3, 0.4) is 0 Å². The number of hydrogen-bond donors (Lipinski definition) is 1. The van der Waals surface area contributed by atoms with Crippen LogP contribution in [0.15, 0.2) is 12.1 Å². The average molecular weight is 252 g/mol. The van der Waals surface area contributed by atoms with E-state index in [2.05, 4.69) is 0 Å². The maximum Gasteiger partial charge on any atom is 0.126 e. The Morgan fingerprint density at radius 1 is 1.28 bits per heavy atom. The van der Waals surface area contributed by atoms with E-state index in [1.165, 1.54) is 0 Å². The summed E-state index contributed by atoms with van der Waals surface area (Å²) >= 11 is 0. The van der Waals surface area contributed by atoms with Gasteiger partial charge in [-0.15, -0.1) is 0 Å². The molecule has 0 unspecified atom stereocenters. The van der Waals surface area contributed by atoms with Crippen molar-refractivity contribution < 1.29 is 19.3 Å². The van der Waals surface area contributed by atoms with Gasteiger partial charge in [-0.3, -0.25) is 0 Å². The number of aliphatic hydroxyl groups is 1. The van der Waals surface area contributed by atoms with Gasteiger partial charge in [0, 0.05) is 11.5 Å². The van der Waals surface area contributed by atoms with Crippen molar-refractivity contribution in [1.29, 1.82) is 0 Å². The van der Waals surface area contributed by atoms with Gasteiger partial charge in [0.15, 0.2) is 0 Å². The van der Waals surface area contributed by atoms with Crippen molar-refractivity contribution >= 4 is 0 Å². The molecule has 0 atom stereocenters. The van der Waals surface area contributed by atoms with Gasteiger partial charge in [-0.25, -0.2) is 0 Å². The summed E-state index contributed by atoms with van der Waals surface area (Å²) in [7, 11) is 3.30. The second-order valence-electron chi connectivity index (χ2n) is 4.95. The highest BCUT2D eigenvalue weighted by Crippen LogP contribution is 2.37. The molecule has 1 heterocycles. The van der Waals surface area contributed by atoms with Gasteiger partial charge in [-0.2, -0.15) is 0 Å². The van der Waals surface area contributed by atoms with E-state index in [0.717, 1.165) is 29.0 Å². The molecule has 18 heavy (non-hydrogen) atoms. The Hall–Kier alpha value is -1.26. The summed E-state index contributed by atoms with van der Waals surface area (Å²) < 4.78 is 15.9. The van der Waals surface area contributed by atoms with E-state index in [9.17, 15) is 5.11 Å². The van der Waals surface area contributed by atoms with E-state index in [4.69, 9.17) is 14.2 Å². The van der Waals surface area contributed by atoms with Crippen molar-refractivity contribution in [2.24, 2.45) is 5.41 Å². The third-order valence-electron chi connectivity index (χ3n) is 3.56. The molecular weight excluding hydrogens is 232 g/mol. The monoisotopic (exact) mass is 252 g/mol. The minimum Gasteiger partial charge on any atom is -0.497 e. The van der Waals surface area contributed by atoms with Gasteiger partial charge in [0.05, 0.1) is 34.0 Å². The number of methoxy groups -OCH3 is 2. The first kappa shape index (κ1) is 13.2. The van der Waals surface area contributed by atoms with Crippen LogP contribution in [0.25, 0.3) is 0 Å². The zero-order valence-corrected chi connectivity index (χ0v) is 11.2. The minimum atomic E-state index is -0.146. The lowest BCUT2D eigenvalue weighted by Gasteiger charge is -2.40. The first-order chi connectivity index (χ1) is 8.64. The lowest BCUT2D eigenvalue weighted by molar-refractivity contribution is -0.136. The number of benzene rings is 1. The summed E-state index contributed by atoms with van der Waals surface area (Å²) in [6, 6.07) is 3.87. The van der Waals surface area contributed by atoms with E-state index in [1.807, 2.05) is 19.1 Å². The number of ether oxygens (including phenoxy) is 3. The topological polar surface area (TPSA) is 47.9 Å². The average Bonchev–Trinajstić information content (AvgIpc) is 2.34. The fourth-order valence-electron chi connectivity index (χ4n) is 2.29. The molecule has 0 amide bonds. The summed E-state index contributed by atoms with van der Waals surface area (Å²) in [5.74, 6) is 1.60. The summed E-state index contributed by atoms with van der Waals surface area (Å²) in [5, 5.41) is 9.51. The molecule has 0 aliphatic carbocycles. The maximum atomic E-state index is 9.51. The van der Waals surface area contributed by atoms with Crippen LogP contribution in [0.1, 0.15) is 11.1 Å². The van der Waals surface area contributed by atoms with Crippen molar-refractivity contribution in [2.45, 2.75) is 13.3 Å². The smallest absolute Gasteiger partial charge is 0.126 e. The Kier molecular flexibility index (Phi) is 3.78. The van der Waals surface area contributed by atoms with Crippen molar-refractivity contribution in [2.75, 3.05) is 34.0 Å². The fourth-order valence-corrected chi connectivity index (χ4v) is 2.29. The second kappa shape index (κ2) is 5.16. The Balaban J connectivity index is 2.31. The number of hydrogen-bond acceptors (Lipinski definition) is 4. The quantitative estimate of drug-likeness (QED) is 0.864. The van der Waals surface area contributed by atoms with Crippen LogP contribution in [0.2, 0.25) is 0 Å². The highest BCUT2D eigenvalue weighted by Gasteiger charge is 2.39. The molecule has 1 aromatic rings. The van der Waals surface area contributed by atoms with Gasteiger partial charge in [0.2, 0.25) is 0 Å². The molecule has 4 heteroatoms. The molecule has 1 aromatic carbocycles. The molecule has 1 N–H and O–H groups in total. The minimum absolute atomic E-state index is 0.140. The van der Waals surface area contributed by atoms with Crippen molar-refractivity contribution in [1.82, 2.24) is 0 Å². The van der Waals surface area contributed by atoms with Gasteiger partial charge in [-0.05, 0) is 30.5 Å². The van der Waals surface area contributed by atoms with Gasteiger partial charge in [0.25, 0.3) is 0 Å². The molecule has 2 rings (SSSR count). The summed E-state index contributed by atoms with van der Waals surface area (Å²) in [6.07, 6.45) is 0.766. The SMILES string of the molecule is COc1cc(C)c(CC2(CO)COC2)c(OC)c1. The standard InChI is InChI=1S/C14H20O4/c1-10-4-11(16-2)5-13(17-3)12(10)6-14(7-15)8-18-9-14/h4-5,15H,6-9H2,1-3H3. The van der Waals surface area contributed by atoms with Crippen LogP contribution in [-0.2, 0) is 11.2 Å². The molecule has 0 aromatic heterocycles. The molecule has 0 saturated carbocycles. The van der Waals surface area contributed by atoms with Crippen LogP contribution < -0.4 is 9.47 Å². The highest BCUT2D eigenvalue weighted by atomic mass is 16.5. The van der Waals surface area contributed by atoms with Crippen LogP contribution in [0, 0.1) is 12.3 Å². The molecule has 0 spiro atoms. The number of rotatable bonds is 5. The Labute approximate surface area is 107 Å². The van der Waals surface area contributed by atoms with Crippen LogP contribution in [0.4, 0.5) is 0 Å². The first-order valence-corrected chi connectivity index (χ1v) is 6.04. The van der Waals surface area contributed by atoms with Gasteiger partial charge in [0.1, 0.15) is 11.5 Å². The molecule has 0 bridgehead atoms. The molecule has 100 valence electrons. The van der Waals surface area contributed by atoms with Crippen molar-refractivity contribution in [3.8, 4) is 11.5 Å². The predicted octanol–water partition coefficient (Wildman–Crippen LogP) is 1.56. The molecule has 0 radical (unpaired) electrons. The molecular formula is C14H20O4. The molecule has 1 aliphatic rings. The molecule has 4 nitrogen and oxygen atoms in total. The van der Waals surface area contributed by atoms with Crippen molar-refractivity contribution in [3.05, 3.63) is 23.3 Å². The Morgan fingerprint density at radius 2 is 2.00 bits per heavy atom. The predicted molar refractivity (Wildman–Crippen MR) is 68.3 cm³/mol. The molecule has 1 aliphatic heterocycles. The Morgan fingerprint density at radius 3 is 2.44 bits per heavy atom. The van der Waals surface area contributed by atoms with Crippen LogP contribution >= 0.6 is 0 Å². The summed E-state index contributed by atoms with van der Waals surface area (Å²) in [5.41, 5.74) is 2.09. The zero-order chi connectivity index (χ0) is 13.2. The summed E-state index contributed by atoms with van der Waals surface area (Å²) in [6.45, 7) is 3.39. The lowest BCUT2D eigenvalue weighted by Crippen LogP contribution is -2.47. The van der Waals surface area contributed by atoms with Gasteiger partial charge < -0.3 is 19.3 Å². The van der Waals surface area contributed by atoms with E-state index in [0.29, 0.717) is 13.2 Å². The third-order valence-corrected chi connectivity index (χ3v) is 3.56. The normalized spacial score (nSPS) is 17.1. The lowest BCUT2D eigenvalue weighted by atomic mass is 9.79. The number of aliphatic hydroxyl groups excluding tert-OH is 1.